The van der Waals surface area contributed by atoms with Gasteiger partial charge in [0.2, 0.25) is 0 Å². The third kappa shape index (κ3) is 6.02. The van der Waals surface area contributed by atoms with Crippen LogP contribution in [-0.2, 0) is 0 Å². The molecular formula is C11H21N. The molecule has 0 bridgehead atoms. The summed E-state index contributed by atoms with van der Waals surface area (Å²) in [6.07, 6.45) is 3.20. The van der Waals surface area contributed by atoms with Crippen molar-refractivity contribution in [3.05, 3.63) is 24.4 Å². The van der Waals surface area contributed by atoms with E-state index in [4.69, 9.17) is 0 Å². The highest BCUT2D eigenvalue weighted by Crippen LogP contribution is 2.06. The first-order valence-corrected chi connectivity index (χ1v) is 4.65. The van der Waals surface area contributed by atoms with E-state index in [1.54, 1.807) is 0 Å². The van der Waals surface area contributed by atoms with Crippen LogP contribution in [0.15, 0.2) is 24.4 Å². The SMILES string of the molecule is C=C(C)CCC(=C)NC(C)CC. The van der Waals surface area contributed by atoms with Gasteiger partial charge < -0.3 is 5.32 Å². The number of rotatable bonds is 6. The highest BCUT2D eigenvalue weighted by Gasteiger charge is 1.99. The number of allylic oxidation sites excluding steroid dienone is 2. The molecule has 1 unspecified atom stereocenters. The Balaban J connectivity index is 3.53. The van der Waals surface area contributed by atoms with Gasteiger partial charge in [0.1, 0.15) is 0 Å². The molecule has 70 valence electrons. The van der Waals surface area contributed by atoms with Crippen molar-refractivity contribution in [3.63, 3.8) is 0 Å². The quantitative estimate of drug-likeness (QED) is 0.599. The molecule has 0 fully saturated rings. The van der Waals surface area contributed by atoms with Crippen molar-refractivity contribution in [3.8, 4) is 0 Å². The molecule has 0 aromatic heterocycles. The lowest BCUT2D eigenvalue weighted by Crippen LogP contribution is -2.23. The molecular weight excluding hydrogens is 146 g/mol. The van der Waals surface area contributed by atoms with Crippen LogP contribution in [0.3, 0.4) is 0 Å². The van der Waals surface area contributed by atoms with E-state index in [0.717, 1.165) is 25.0 Å². The normalized spacial score (nSPS) is 12.2. The van der Waals surface area contributed by atoms with Crippen LogP contribution in [0.2, 0.25) is 0 Å². The predicted octanol–water partition coefficient (Wildman–Crippen LogP) is 3.24. The fourth-order valence-corrected chi connectivity index (χ4v) is 0.887. The van der Waals surface area contributed by atoms with Gasteiger partial charge in [-0.05, 0) is 33.1 Å². The first-order valence-electron chi connectivity index (χ1n) is 4.65. The van der Waals surface area contributed by atoms with Gasteiger partial charge in [-0.2, -0.15) is 0 Å². The Morgan fingerprint density at radius 3 is 2.33 bits per heavy atom. The number of hydrogen-bond acceptors (Lipinski definition) is 1. The molecule has 0 heterocycles. The van der Waals surface area contributed by atoms with Crippen molar-refractivity contribution < 1.29 is 0 Å². The largest absolute Gasteiger partial charge is 0.386 e. The average molecular weight is 167 g/mol. The van der Waals surface area contributed by atoms with Crippen molar-refractivity contribution in [2.75, 3.05) is 0 Å². The van der Waals surface area contributed by atoms with Crippen molar-refractivity contribution in [2.45, 2.75) is 46.1 Å². The standard InChI is InChI=1S/C11H21N/c1-6-10(4)12-11(5)8-7-9(2)3/h10,12H,2,5-8H2,1,3-4H3. The summed E-state index contributed by atoms with van der Waals surface area (Å²) in [5.74, 6) is 0. The molecule has 0 spiro atoms. The smallest absolute Gasteiger partial charge is 0.0227 e. The van der Waals surface area contributed by atoms with Crippen LogP contribution in [-0.4, -0.2) is 6.04 Å². The molecule has 0 aliphatic carbocycles. The Morgan fingerprint density at radius 2 is 1.92 bits per heavy atom. The second-order valence-corrected chi connectivity index (χ2v) is 3.51. The highest BCUT2D eigenvalue weighted by molar-refractivity contribution is 4.98. The molecule has 0 aliphatic rings. The minimum absolute atomic E-state index is 0.544. The van der Waals surface area contributed by atoms with Crippen molar-refractivity contribution in [2.24, 2.45) is 0 Å². The average Bonchev–Trinajstić information content (AvgIpc) is 2.00. The summed E-state index contributed by atoms with van der Waals surface area (Å²) in [7, 11) is 0. The Hall–Kier alpha value is -0.720. The van der Waals surface area contributed by atoms with Gasteiger partial charge in [-0.1, -0.05) is 19.1 Å². The van der Waals surface area contributed by atoms with E-state index in [2.05, 4.69) is 39.2 Å². The maximum atomic E-state index is 3.96. The second-order valence-electron chi connectivity index (χ2n) is 3.51. The number of nitrogens with one attached hydrogen (secondary N) is 1. The van der Waals surface area contributed by atoms with E-state index in [9.17, 15) is 0 Å². The fraction of sp³-hybridized carbons (Fsp3) is 0.636. The molecule has 12 heavy (non-hydrogen) atoms. The molecule has 1 heteroatoms. The van der Waals surface area contributed by atoms with Crippen LogP contribution in [0.1, 0.15) is 40.0 Å². The lowest BCUT2D eigenvalue weighted by molar-refractivity contribution is 0.579. The van der Waals surface area contributed by atoms with Crippen LogP contribution in [0, 0.1) is 0 Å². The minimum Gasteiger partial charge on any atom is -0.386 e. The van der Waals surface area contributed by atoms with Gasteiger partial charge in [-0.3, -0.25) is 0 Å². The minimum atomic E-state index is 0.544. The van der Waals surface area contributed by atoms with E-state index in [0.29, 0.717) is 6.04 Å². The summed E-state index contributed by atoms with van der Waals surface area (Å²) in [4.78, 5) is 0. The van der Waals surface area contributed by atoms with E-state index in [1.165, 1.54) is 5.57 Å². The first kappa shape index (κ1) is 11.3. The maximum Gasteiger partial charge on any atom is 0.0227 e. The van der Waals surface area contributed by atoms with Crippen LogP contribution in [0.5, 0.6) is 0 Å². The van der Waals surface area contributed by atoms with Crippen LogP contribution < -0.4 is 5.32 Å². The zero-order chi connectivity index (χ0) is 9.56. The fourth-order valence-electron chi connectivity index (χ4n) is 0.887. The maximum absolute atomic E-state index is 3.96. The van der Waals surface area contributed by atoms with E-state index in [-0.39, 0.29) is 0 Å². The third-order valence-corrected chi connectivity index (χ3v) is 1.92. The molecule has 0 rings (SSSR count). The Labute approximate surface area is 76.6 Å². The Bertz CT molecular complexity index is 158. The second kappa shape index (κ2) is 5.87. The van der Waals surface area contributed by atoms with Gasteiger partial charge in [0.25, 0.3) is 0 Å². The first-order chi connectivity index (χ1) is 5.56. The van der Waals surface area contributed by atoms with Crippen molar-refractivity contribution in [1.82, 2.24) is 5.32 Å². The van der Waals surface area contributed by atoms with Gasteiger partial charge in [-0.15, -0.1) is 6.58 Å². The van der Waals surface area contributed by atoms with Gasteiger partial charge in [0.05, 0.1) is 0 Å². The van der Waals surface area contributed by atoms with E-state index in [1.807, 2.05) is 0 Å². The molecule has 0 aromatic carbocycles. The van der Waals surface area contributed by atoms with Crippen LogP contribution in [0.25, 0.3) is 0 Å². The third-order valence-electron chi connectivity index (χ3n) is 1.92. The van der Waals surface area contributed by atoms with E-state index >= 15 is 0 Å². The lowest BCUT2D eigenvalue weighted by atomic mass is 10.1. The molecule has 0 radical (unpaired) electrons. The summed E-state index contributed by atoms with van der Waals surface area (Å²) < 4.78 is 0. The number of hydrogen-bond donors (Lipinski definition) is 1. The summed E-state index contributed by atoms with van der Waals surface area (Å²) in [6.45, 7) is 14.2. The van der Waals surface area contributed by atoms with E-state index < -0.39 is 0 Å². The summed E-state index contributed by atoms with van der Waals surface area (Å²) in [5, 5.41) is 3.35. The molecule has 0 amide bonds. The molecule has 1 nitrogen and oxygen atoms in total. The van der Waals surface area contributed by atoms with Crippen molar-refractivity contribution in [1.29, 1.82) is 0 Å². The molecule has 0 saturated carbocycles. The lowest BCUT2D eigenvalue weighted by Gasteiger charge is -2.15. The summed E-state index contributed by atoms with van der Waals surface area (Å²) >= 11 is 0. The van der Waals surface area contributed by atoms with Gasteiger partial charge in [-0.25, -0.2) is 0 Å². The molecule has 0 saturated heterocycles. The molecule has 0 aromatic rings. The predicted molar refractivity (Wildman–Crippen MR) is 56.1 cm³/mol. The molecule has 1 N–H and O–H groups in total. The monoisotopic (exact) mass is 167 g/mol. The highest BCUT2D eigenvalue weighted by atomic mass is 14.9. The summed E-state index contributed by atoms with van der Waals surface area (Å²) in [5.41, 5.74) is 2.36. The Kier molecular flexibility index (Phi) is 5.52. The molecule has 0 aliphatic heterocycles. The van der Waals surface area contributed by atoms with Crippen LogP contribution in [0.4, 0.5) is 0 Å². The van der Waals surface area contributed by atoms with Gasteiger partial charge in [0, 0.05) is 11.7 Å². The molecule has 1 atom stereocenters. The zero-order valence-electron chi connectivity index (χ0n) is 8.61. The topological polar surface area (TPSA) is 12.0 Å². The van der Waals surface area contributed by atoms with Crippen LogP contribution >= 0.6 is 0 Å². The zero-order valence-corrected chi connectivity index (χ0v) is 8.61. The Morgan fingerprint density at radius 1 is 1.33 bits per heavy atom. The summed E-state index contributed by atoms with van der Waals surface area (Å²) in [6, 6.07) is 0.544. The van der Waals surface area contributed by atoms with Gasteiger partial charge >= 0.3 is 0 Å². The van der Waals surface area contributed by atoms with Gasteiger partial charge in [0.15, 0.2) is 0 Å². The van der Waals surface area contributed by atoms with Crippen molar-refractivity contribution >= 4 is 0 Å².